The maximum Gasteiger partial charge on any atom is 0.237 e. The number of fused-ring (bicyclic) bond motifs is 1. The van der Waals surface area contributed by atoms with Crippen molar-refractivity contribution in [1.29, 1.82) is 0 Å². The molecule has 9 heteroatoms. The molecule has 2 heterocycles. The van der Waals surface area contributed by atoms with E-state index in [1.165, 1.54) is 23.1 Å². The van der Waals surface area contributed by atoms with Crippen molar-refractivity contribution in [3.8, 4) is 0 Å². The van der Waals surface area contributed by atoms with Gasteiger partial charge in [-0.05, 0) is 19.1 Å². The van der Waals surface area contributed by atoms with Crippen LogP contribution in [-0.4, -0.2) is 33.8 Å². The predicted molar refractivity (Wildman–Crippen MR) is 91.7 cm³/mol. The highest BCUT2D eigenvalue weighted by Crippen LogP contribution is 2.32. The first-order valence-corrected chi connectivity index (χ1v) is 8.77. The number of rotatable bonds is 3. The zero-order valence-electron chi connectivity index (χ0n) is 12.4. The van der Waals surface area contributed by atoms with E-state index in [0.717, 1.165) is 0 Å². The van der Waals surface area contributed by atoms with Gasteiger partial charge >= 0.3 is 0 Å². The van der Waals surface area contributed by atoms with Crippen molar-refractivity contribution in [2.75, 3.05) is 21.7 Å². The van der Waals surface area contributed by atoms with Gasteiger partial charge in [0, 0.05) is 12.5 Å². The van der Waals surface area contributed by atoms with Crippen molar-refractivity contribution in [2.24, 2.45) is 0 Å². The van der Waals surface area contributed by atoms with E-state index in [1.54, 1.807) is 11.0 Å². The molecule has 1 aliphatic heterocycles. The minimum atomic E-state index is -0.216. The molecular formula is C14H15N5O2S2. The summed E-state index contributed by atoms with van der Waals surface area (Å²) >= 11 is 2.54. The Morgan fingerprint density at radius 2 is 2.26 bits per heavy atom. The quantitative estimate of drug-likeness (QED) is 0.822. The predicted octanol–water partition coefficient (Wildman–Crippen LogP) is 1.98. The van der Waals surface area contributed by atoms with E-state index in [1.807, 2.05) is 25.1 Å². The molecule has 1 atom stereocenters. The standard InChI is InChI=1S/C14H15N5O2S2/c1-8-6-11(20)16-9-4-2-3-5-10(9)19(8)12(21)7-22-14-18-17-13(15)23-14/h2-5,8H,6-7H2,1H3,(H2,15,17)(H,16,20)/t8-/m1/s1. The molecule has 0 radical (unpaired) electrons. The maximum absolute atomic E-state index is 12.7. The van der Waals surface area contributed by atoms with E-state index in [9.17, 15) is 9.59 Å². The van der Waals surface area contributed by atoms with Crippen molar-refractivity contribution in [3.63, 3.8) is 0 Å². The largest absolute Gasteiger partial charge is 0.374 e. The van der Waals surface area contributed by atoms with Crippen LogP contribution in [0.1, 0.15) is 13.3 Å². The number of thioether (sulfide) groups is 1. The van der Waals surface area contributed by atoms with E-state index >= 15 is 0 Å². The Balaban J connectivity index is 1.81. The van der Waals surface area contributed by atoms with E-state index in [-0.39, 0.29) is 30.0 Å². The molecule has 0 fully saturated rings. The molecule has 0 saturated carbocycles. The number of nitrogen functional groups attached to an aromatic ring is 1. The molecule has 3 rings (SSSR count). The molecule has 1 aromatic carbocycles. The van der Waals surface area contributed by atoms with Gasteiger partial charge in [0.1, 0.15) is 0 Å². The summed E-state index contributed by atoms with van der Waals surface area (Å²) < 4.78 is 0.654. The van der Waals surface area contributed by atoms with Crippen LogP contribution in [0.5, 0.6) is 0 Å². The minimum absolute atomic E-state index is 0.0831. The van der Waals surface area contributed by atoms with Crippen LogP contribution in [0.25, 0.3) is 0 Å². The summed E-state index contributed by atoms with van der Waals surface area (Å²) in [7, 11) is 0. The second-order valence-corrected chi connectivity index (χ2v) is 7.31. The molecule has 0 bridgehead atoms. The van der Waals surface area contributed by atoms with Gasteiger partial charge in [-0.2, -0.15) is 0 Å². The Bertz CT molecular complexity index is 748. The lowest BCUT2D eigenvalue weighted by Crippen LogP contribution is -2.40. The number of carbonyl (C=O) groups excluding carboxylic acids is 2. The number of benzene rings is 1. The van der Waals surface area contributed by atoms with E-state index < -0.39 is 0 Å². The van der Waals surface area contributed by atoms with Gasteiger partial charge in [0.15, 0.2) is 4.34 Å². The van der Waals surface area contributed by atoms with Crippen LogP contribution in [0.4, 0.5) is 16.5 Å². The molecule has 0 spiro atoms. The molecule has 2 amide bonds. The third kappa shape index (κ3) is 3.45. The van der Waals surface area contributed by atoms with Crippen molar-refractivity contribution < 1.29 is 9.59 Å². The van der Waals surface area contributed by atoms with Gasteiger partial charge in [-0.3, -0.25) is 9.59 Å². The first-order valence-electron chi connectivity index (χ1n) is 6.97. The number of nitrogens with zero attached hydrogens (tertiary/aromatic N) is 3. The van der Waals surface area contributed by atoms with Crippen molar-refractivity contribution >= 4 is 51.4 Å². The third-order valence-corrected chi connectivity index (χ3v) is 5.24. The van der Waals surface area contributed by atoms with Crippen molar-refractivity contribution in [2.45, 2.75) is 23.7 Å². The van der Waals surface area contributed by atoms with Crippen molar-refractivity contribution in [1.82, 2.24) is 10.2 Å². The lowest BCUT2D eigenvalue weighted by molar-refractivity contribution is -0.117. The lowest BCUT2D eigenvalue weighted by Gasteiger charge is -2.27. The monoisotopic (exact) mass is 349 g/mol. The number of para-hydroxylation sites is 2. The number of amides is 2. The Kier molecular flexibility index (Phi) is 4.49. The van der Waals surface area contributed by atoms with Gasteiger partial charge in [-0.25, -0.2) is 0 Å². The average Bonchev–Trinajstić information content (AvgIpc) is 2.86. The van der Waals surface area contributed by atoms with Gasteiger partial charge in [-0.1, -0.05) is 35.2 Å². The molecule has 0 unspecified atom stereocenters. The van der Waals surface area contributed by atoms with Crippen molar-refractivity contribution in [3.05, 3.63) is 24.3 Å². The highest BCUT2D eigenvalue weighted by atomic mass is 32.2. The van der Waals surface area contributed by atoms with E-state index in [4.69, 9.17) is 5.73 Å². The molecule has 0 saturated heterocycles. The number of nitrogens with one attached hydrogen (secondary N) is 1. The number of anilines is 3. The fourth-order valence-corrected chi connectivity index (χ4v) is 3.93. The van der Waals surface area contributed by atoms with Gasteiger partial charge < -0.3 is 16.0 Å². The molecule has 2 aromatic rings. The van der Waals surface area contributed by atoms with Crippen LogP contribution in [0.15, 0.2) is 28.6 Å². The van der Waals surface area contributed by atoms with Crippen LogP contribution in [0, 0.1) is 0 Å². The first-order chi connectivity index (χ1) is 11.0. The fourth-order valence-electron chi connectivity index (χ4n) is 2.44. The second kappa shape index (κ2) is 6.55. The molecule has 23 heavy (non-hydrogen) atoms. The zero-order valence-corrected chi connectivity index (χ0v) is 14.0. The highest BCUT2D eigenvalue weighted by molar-refractivity contribution is 8.01. The number of aromatic nitrogens is 2. The molecule has 3 N–H and O–H groups in total. The summed E-state index contributed by atoms with van der Waals surface area (Å²) in [6, 6.07) is 7.09. The Morgan fingerprint density at radius 1 is 1.48 bits per heavy atom. The normalized spacial score (nSPS) is 17.3. The van der Waals surface area contributed by atoms with Gasteiger partial charge in [0.25, 0.3) is 0 Å². The molecule has 120 valence electrons. The van der Waals surface area contributed by atoms with Crippen LogP contribution in [-0.2, 0) is 9.59 Å². The molecule has 7 nitrogen and oxygen atoms in total. The fraction of sp³-hybridized carbons (Fsp3) is 0.286. The Labute approximate surface area is 141 Å². The maximum atomic E-state index is 12.7. The van der Waals surface area contributed by atoms with Crippen LogP contribution in [0.2, 0.25) is 0 Å². The summed E-state index contributed by atoms with van der Waals surface area (Å²) in [5.41, 5.74) is 6.91. The second-order valence-electron chi connectivity index (χ2n) is 5.08. The van der Waals surface area contributed by atoms with Gasteiger partial charge in [0.05, 0.1) is 17.1 Å². The summed E-state index contributed by atoms with van der Waals surface area (Å²) in [5, 5.41) is 10.8. The SMILES string of the molecule is C[C@@H]1CC(=O)Nc2ccccc2N1C(=O)CSc1nnc(N)s1. The Morgan fingerprint density at radius 3 is 3.00 bits per heavy atom. The number of hydrogen-bond donors (Lipinski definition) is 2. The number of carbonyl (C=O) groups is 2. The van der Waals surface area contributed by atoms with Crippen LogP contribution < -0.4 is 16.0 Å². The van der Waals surface area contributed by atoms with Crippen LogP contribution in [0.3, 0.4) is 0 Å². The third-order valence-electron chi connectivity index (χ3n) is 3.37. The smallest absolute Gasteiger partial charge is 0.237 e. The van der Waals surface area contributed by atoms with Gasteiger partial charge in [-0.15, -0.1) is 10.2 Å². The highest BCUT2D eigenvalue weighted by Gasteiger charge is 2.29. The molecule has 0 aliphatic carbocycles. The first kappa shape index (κ1) is 15.8. The van der Waals surface area contributed by atoms with Crippen LogP contribution >= 0.6 is 23.1 Å². The number of nitrogens with two attached hydrogens (primary N) is 1. The Hall–Kier alpha value is -2.13. The lowest BCUT2D eigenvalue weighted by atomic mass is 10.2. The average molecular weight is 349 g/mol. The summed E-state index contributed by atoms with van der Waals surface area (Å²) in [6.07, 6.45) is 0.261. The minimum Gasteiger partial charge on any atom is -0.374 e. The topological polar surface area (TPSA) is 101 Å². The molecular weight excluding hydrogens is 334 g/mol. The summed E-state index contributed by atoms with van der Waals surface area (Å²) in [5.74, 6) is 0.0339. The molecule has 1 aromatic heterocycles. The van der Waals surface area contributed by atoms with E-state index in [0.29, 0.717) is 20.8 Å². The zero-order chi connectivity index (χ0) is 16.4. The summed E-state index contributed by atoms with van der Waals surface area (Å²) in [6.45, 7) is 1.87. The van der Waals surface area contributed by atoms with E-state index in [2.05, 4.69) is 15.5 Å². The molecule has 1 aliphatic rings. The number of hydrogen-bond acceptors (Lipinski definition) is 7. The summed E-state index contributed by atoms with van der Waals surface area (Å²) in [4.78, 5) is 26.3. The van der Waals surface area contributed by atoms with Gasteiger partial charge in [0.2, 0.25) is 16.9 Å².